The lowest BCUT2D eigenvalue weighted by Crippen LogP contribution is -1.90. The van der Waals surface area contributed by atoms with E-state index in [1.54, 1.807) is 0 Å². The highest BCUT2D eigenvalue weighted by molar-refractivity contribution is 5.79. The summed E-state index contributed by atoms with van der Waals surface area (Å²) < 4.78 is 0. The van der Waals surface area contributed by atoms with Crippen LogP contribution in [-0.2, 0) is 0 Å². The van der Waals surface area contributed by atoms with Gasteiger partial charge >= 0.3 is 0 Å². The number of aldehydes is 1. The molecule has 92 valence electrons. The molecule has 0 saturated carbocycles. The number of carbonyl (C=O) groups excluding carboxylic acids is 1. The normalized spacial score (nSPS) is 10.7. The van der Waals surface area contributed by atoms with Gasteiger partial charge in [0.05, 0.1) is 0 Å². The first-order valence-electron chi connectivity index (χ1n) is 6.28. The van der Waals surface area contributed by atoms with E-state index in [0.29, 0.717) is 5.92 Å². The van der Waals surface area contributed by atoms with E-state index >= 15 is 0 Å². The molecular formula is C17H18O. The minimum atomic E-state index is 0.528. The minimum Gasteiger partial charge on any atom is -0.298 e. The van der Waals surface area contributed by atoms with Gasteiger partial charge < -0.3 is 0 Å². The van der Waals surface area contributed by atoms with Gasteiger partial charge in [-0.05, 0) is 35.1 Å². The van der Waals surface area contributed by atoms with Crippen molar-refractivity contribution in [3.05, 3.63) is 59.2 Å². The average Bonchev–Trinajstić information content (AvgIpc) is 2.38. The van der Waals surface area contributed by atoms with E-state index in [1.165, 1.54) is 16.7 Å². The standard InChI is InChI=1S/C17H18O/c1-12(2)14-5-4-6-15(10-14)16-7-8-17(11-18)13(3)9-16/h4-12H,1-3H3. The fourth-order valence-corrected chi connectivity index (χ4v) is 2.06. The molecule has 0 unspecified atom stereocenters. The topological polar surface area (TPSA) is 17.1 Å². The van der Waals surface area contributed by atoms with Crippen LogP contribution in [0.3, 0.4) is 0 Å². The summed E-state index contributed by atoms with van der Waals surface area (Å²) in [5.74, 6) is 0.528. The molecule has 2 aromatic carbocycles. The van der Waals surface area contributed by atoms with Gasteiger partial charge in [-0.15, -0.1) is 0 Å². The predicted molar refractivity (Wildman–Crippen MR) is 76.1 cm³/mol. The molecule has 0 heterocycles. The SMILES string of the molecule is Cc1cc(-c2cccc(C(C)C)c2)ccc1C=O. The molecular weight excluding hydrogens is 220 g/mol. The van der Waals surface area contributed by atoms with Crippen molar-refractivity contribution in [2.45, 2.75) is 26.7 Å². The maximum atomic E-state index is 10.8. The van der Waals surface area contributed by atoms with Crippen LogP contribution >= 0.6 is 0 Å². The summed E-state index contributed by atoms with van der Waals surface area (Å²) in [4.78, 5) is 10.8. The van der Waals surface area contributed by atoms with Crippen LogP contribution in [0, 0.1) is 6.92 Å². The van der Waals surface area contributed by atoms with Crippen molar-refractivity contribution in [3.8, 4) is 11.1 Å². The third-order valence-electron chi connectivity index (χ3n) is 3.28. The van der Waals surface area contributed by atoms with Gasteiger partial charge in [-0.2, -0.15) is 0 Å². The van der Waals surface area contributed by atoms with Crippen molar-refractivity contribution >= 4 is 6.29 Å². The van der Waals surface area contributed by atoms with E-state index in [0.717, 1.165) is 17.4 Å². The Morgan fingerprint density at radius 1 is 1.00 bits per heavy atom. The minimum absolute atomic E-state index is 0.528. The molecule has 0 aliphatic carbocycles. The van der Waals surface area contributed by atoms with Gasteiger partial charge in [0.1, 0.15) is 6.29 Å². The van der Waals surface area contributed by atoms with Crippen LogP contribution < -0.4 is 0 Å². The third kappa shape index (κ3) is 2.51. The van der Waals surface area contributed by atoms with E-state index in [9.17, 15) is 4.79 Å². The number of rotatable bonds is 3. The summed E-state index contributed by atoms with van der Waals surface area (Å²) in [7, 11) is 0. The molecule has 2 aromatic rings. The van der Waals surface area contributed by atoms with E-state index in [1.807, 2.05) is 19.1 Å². The molecule has 0 aliphatic heterocycles. The van der Waals surface area contributed by atoms with Crippen LogP contribution in [0.5, 0.6) is 0 Å². The van der Waals surface area contributed by atoms with Crippen LogP contribution in [0.2, 0.25) is 0 Å². The van der Waals surface area contributed by atoms with Crippen molar-refractivity contribution in [1.29, 1.82) is 0 Å². The quantitative estimate of drug-likeness (QED) is 0.714. The average molecular weight is 238 g/mol. The summed E-state index contributed by atoms with van der Waals surface area (Å²) in [5, 5.41) is 0. The lowest BCUT2D eigenvalue weighted by Gasteiger charge is -2.09. The Labute approximate surface area is 108 Å². The van der Waals surface area contributed by atoms with Crippen molar-refractivity contribution in [2.75, 3.05) is 0 Å². The van der Waals surface area contributed by atoms with Gasteiger partial charge in [0.25, 0.3) is 0 Å². The second kappa shape index (κ2) is 5.18. The van der Waals surface area contributed by atoms with Gasteiger partial charge in [-0.1, -0.05) is 56.3 Å². The molecule has 2 rings (SSSR count). The summed E-state index contributed by atoms with van der Waals surface area (Å²) in [6.07, 6.45) is 0.906. The maximum Gasteiger partial charge on any atom is 0.150 e. The van der Waals surface area contributed by atoms with Crippen molar-refractivity contribution in [1.82, 2.24) is 0 Å². The lowest BCUT2D eigenvalue weighted by molar-refractivity contribution is 0.112. The summed E-state index contributed by atoms with van der Waals surface area (Å²) in [6.45, 7) is 6.36. The Morgan fingerprint density at radius 3 is 2.33 bits per heavy atom. The molecule has 0 saturated heterocycles. The molecule has 0 aromatic heterocycles. The zero-order chi connectivity index (χ0) is 13.1. The Kier molecular flexibility index (Phi) is 3.61. The third-order valence-corrected chi connectivity index (χ3v) is 3.28. The molecule has 0 N–H and O–H groups in total. The zero-order valence-electron chi connectivity index (χ0n) is 11.1. The highest BCUT2D eigenvalue weighted by Crippen LogP contribution is 2.25. The van der Waals surface area contributed by atoms with E-state index in [2.05, 4.69) is 44.2 Å². The smallest absolute Gasteiger partial charge is 0.150 e. The molecule has 0 atom stereocenters. The fourth-order valence-electron chi connectivity index (χ4n) is 2.06. The van der Waals surface area contributed by atoms with Crippen LogP contribution in [0.1, 0.15) is 41.3 Å². The van der Waals surface area contributed by atoms with Crippen LogP contribution in [0.15, 0.2) is 42.5 Å². The number of benzene rings is 2. The predicted octanol–water partition coefficient (Wildman–Crippen LogP) is 4.60. The van der Waals surface area contributed by atoms with Crippen molar-refractivity contribution in [3.63, 3.8) is 0 Å². The zero-order valence-corrected chi connectivity index (χ0v) is 11.1. The number of carbonyl (C=O) groups is 1. The molecule has 0 radical (unpaired) electrons. The van der Waals surface area contributed by atoms with Crippen LogP contribution in [0.4, 0.5) is 0 Å². The number of aryl methyl sites for hydroxylation is 1. The highest BCUT2D eigenvalue weighted by atomic mass is 16.1. The van der Waals surface area contributed by atoms with Crippen molar-refractivity contribution < 1.29 is 4.79 Å². The van der Waals surface area contributed by atoms with E-state index in [4.69, 9.17) is 0 Å². The summed E-state index contributed by atoms with van der Waals surface area (Å²) in [6, 6.07) is 14.6. The Hall–Kier alpha value is -1.89. The molecule has 0 amide bonds. The monoisotopic (exact) mass is 238 g/mol. The first-order valence-corrected chi connectivity index (χ1v) is 6.28. The molecule has 0 fully saturated rings. The molecule has 0 bridgehead atoms. The van der Waals surface area contributed by atoms with Crippen LogP contribution in [-0.4, -0.2) is 6.29 Å². The first-order chi connectivity index (χ1) is 8.61. The second-order valence-corrected chi connectivity index (χ2v) is 4.97. The van der Waals surface area contributed by atoms with E-state index < -0.39 is 0 Å². The van der Waals surface area contributed by atoms with Crippen LogP contribution in [0.25, 0.3) is 11.1 Å². The molecule has 1 heteroatoms. The van der Waals surface area contributed by atoms with Gasteiger partial charge in [0.2, 0.25) is 0 Å². The first kappa shape index (κ1) is 12.6. The number of hydrogen-bond acceptors (Lipinski definition) is 1. The largest absolute Gasteiger partial charge is 0.298 e. The summed E-state index contributed by atoms with van der Waals surface area (Å²) >= 11 is 0. The Morgan fingerprint density at radius 2 is 1.72 bits per heavy atom. The maximum absolute atomic E-state index is 10.8. The van der Waals surface area contributed by atoms with Gasteiger partial charge in [-0.25, -0.2) is 0 Å². The second-order valence-electron chi connectivity index (χ2n) is 4.97. The molecule has 1 nitrogen and oxygen atoms in total. The molecule has 0 aliphatic rings. The van der Waals surface area contributed by atoms with Gasteiger partial charge in [-0.3, -0.25) is 4.79 Å². The summed E-state index contributed by atoms with van der Waals surface area (Å²) in [5.41, 5.74) is 5.50. The highest BCUT2D eigenvalue weighted by Gasteiger charge is 2.04. The Bertz CT molecular complexity index is 568. The lowest BCUT2D eigenvalue weighted by atomic mass is 9.96. The molecule has 18 heavy (non-hydrogen) atoms. The van der Waals surface area contributed by atoms with Gasteiger partial charge in [0, 0.05) is 5.56 Å². The number of hydrogen-bond donors (Lipinski definition) is 0. The fraction of sp³-hybridized carbons (Fsp3) is 0.235. The van der Waals surface area contributed by atoms with Crippen molar-refractivity contribution in [2.24, 2.45) is 0 Å². The van der Waals surface area contributed by atoms with Gasteiger partial charge in [0.15, 0.2) is 0 Å². The molecule has 0 spiro atoms. The van der Waals surface area contributed by atoms with E-state index in [-0.39, 0.29) is 0 Å². The Balaban J connectivity index is 2.45.